The molecule has 0 rings (SSSR count). The molecule has 0 aliphatic carbocycles. The zero-order valence-corrected chi connectivity index (χ0v) is 39.0. The van der Waals surface area contributed by atoms with Gasteiger partial charge in [-0.2, -0.15) is 0 Å². The Morgan fingerprint density at radius 2 is 0.579 bits per heavy atom. The summed E-state index contributed by atoms with van der Waals surface area (Å²) in [6, 6.07) is 0. The van der Waals surface area contributed by atoms with Crippen molar-refractivity contribution in [3.8, 4) is 0 Å². The normalized spacial score (nSPS) is 12.1. The Kier molecular flexibility index (Phi) is 42.7. The fourth-order valence-electron chi connectivity index (χ4n) is 7.64. The van der Waals surface area contributed by atoms with Gasteiger partial charge >= 0.3 is 17.9 Å². The van der Waals surface area contributed by atoms with Crippen molar-refractivity contribution in [1.29, 1.82) is 0 Å². The van der Waals surface area contributed by atoms with Gasteiger partial charge in [0, 0.05) is 19.3 Å². The highest BCUT2D eigenvalue weighted by Crippen LogP contribution is 2.17. The van der Waals surface area contributed by atoms with Gasteiger partial charge in [0.1, 0.15) is 13.2 Å². The van der Waals surface area contributed by atoms with Gasteiger partial charge in [-0.1, -0.05) is 240 Å². The second kappa shape index (κ2) is 44.0. The minimum Gasteiger partial charge on any atom is -0.462 e. The van der Waals surface area contributed by atoms with Gasteiger partial charge in [0.05, 0.1) is 0 Å². The molecule has 0 radical (unpaired) electrons. The van der Waals surface area contributed by atoms with E-state index in [0.717, 1.165) is 69.6 Å². The molecule has 0 bridgehead atoms. The Bertz CT molecular complexity index is 870. The fourth-order valence-corrected chi connectivity index (χ4v) is 7.64. The van der Waals surface area contributed by atoms with E-state index in [1.807, 2.05) is 0 Å². The van der Waals surface area contributed by atoms with Crippen LogP contribution in [-0.4, -0.2) is 37.2 Å². The number of ether oxygens (including phenoxy) is 3. The topological polar surface area (TPSA) is 78.9 Å². The van der Waals surface area contributed by atoms with Gasteiger partial charge in [-0.15, -0.1) is 0 Å². The molecule has 0 amide bonds. The predicted octanol–water partition coefficient (Wildman–Crippen LogP) is 16.1. The first-order chi connectivity index (χ1) is 27.7. The summed E-state index contributed by atoms with van der Waals surface area (Å²) in [6.45, 7) is 11.3. The molecule has 0 aromatic rings. The number of esters is 3. The van der Waals surface area contributed by atoms with Crippen LogP contribution >= 0.6 is 0 Å². The van der Waals surface area contributed by atoms with Crippen LogP contribution in [0.4, 0.5) is 0 Å². The third kappa shape index (κ3) is 45.3. The minimum atomic E-state index is -0.761. The maximum atomic E-state index is 12.8. The zero-order valence-electron chi connectivity index (χ0n) is 39.0. The maximum Gasteiger partial charge on any atom is 0.306 e. The van der Waals surface area contributed by atoms with E-state index in [1.165, 1.54) is 167 Å². The lowest BCUT2D eigenvalue weighted by molar-refractivity contribution is -0.167. The van der Waals surface area contributed by atoms with Crippen molar-refractivity contribution in [3.05, 3.63) is 0 Å². The summed E-state index contributed by atoms with van der Waals surface area (Å²) < 4.78 is 16.8. The Balaban J connectivity index is 4.30. The standard InChI is InChI=1S/C51H98O6/c1-6-7-8-9-10-11-12-13-14-15-18-21-26-31-36-41-49(52)55-44-48(45-56-50(53)42-37-32-28-23-25-30-35-40-47(4)5)57-51(54)43-38-33-27-22-19-16-17-20-24-29-34-39-46(2)3/h46-48H,6-45H2,1-5H3/t48-/m1/s1. The van der Waals surface area contributed by atoms with E-state index >= 15 is 0 Å². The molecule has 0 N–H and O–H groups in total. The Labute approximate surface area is 355 Å². The van der Waals surface area contributed by atoms with Crippen LogP contribution in [0.5, 0.6) is 0 Å². The highest BCUT2D eigenvalue weighted by Gasteiger charge is 2.19. The van der Waals surface area contributed by atoms with E-state index in [9.17, 15) is 14.4 Å². The van der Waals surface area contributed by atoms with Crippen molar-refractivity contribution in [2.24, 2.45) is 11.8 Å². The highest BCUT2D eigenvalue weighted by molar-refractivity contribution is 5.71. The fraction of sp³-hybridized carbons (Fsp3) is 0.941. The van der Waals surface area contributed by atoms with Crippen molar-refractivity contribution < 1.29 is 28.6 Å². The van der Waals surface area contributed by atoms with Crippen LogP contribution in [0, 0.1) is 11.8 Å². The largest absolute Gasteiger partial charge is 0.462 e. The van der Waals surface area contributed by atoms with Crippen molar-refractivity contribution >= 4 is 17.9 Å². The van der Waals surface area contributed by atoms with Crippen LogP contribution in [0.1, 0.15) is 279 Å². The zero-order chi connectivity index (χ0) is 41.9. The summed E-state index contributed by atoms with van der Waals surface area (Å²) in [5.74, 6) is 0.754. The number of carbonyl (C=O) groups excluding carboxylic acids is 3. The smallest absolute Gasteiger partial charge is 0.306 e. The van der Waals surface area contributed by atoms with E-state index in [-0.39, 0.29) is 31.1 Å². The molecule has 0 aliphatic heterocycles. The molecular weight excluding hydrogens is 709 g/mol. The summed E-state index contributed by atoms with van der Waals surface area (Å²) >= 11 is 0. The van der Waals surface area contributed by atoms with E-state index in [1.54, 1.807) is 0 Å². The van der Waals surface area contributed by atoms with Gasteiger partial charge in [-0.3, -0.25) is 14.4 Å². The molecule has 6 nitrogen and oxygen atoms in total. The second-order valence-electron chi connectivity index (χ2n) is 18.4. The maximum absolute atomic E-state index is 12.8. The minimum absolute atomic E-state index is 0.0644. The lowest BCUT2D eigenvalue weighted by Crippen LogP contribution is -2.30. The Hall–Kier alpha value is -1.59. The molecule has 0 fully saturated rings. The van der Waals surface area contributed by atoms with Crippen molar-refractivity contribution in [3.63, 3.8) is 0 Å². The van der Waals surface area contributed by atoms with Gasteiger partial charge in [0.2, 0.25) is 0 Å². The van der Waals surface area contributed by atoms with Crippen molar-refractivity contribution in [2.75, 3.05) is 13.2 Å². The number of hydrogen-bond acceptors (Lipinski definition) is 6. The van der Waals surface area contributed by atoms with Gasteiger partial charge in [-0.25, -0.2) is 0 Å². The van der Waals surface area contributed by atoms with Crippen LogP contribution in [0.25, 0.3) is 0 Å². The lowest BCUT2D eigenvalue weighted by Gasteiger charge is -2.18. The van der Waals surface area contributed by atoms with Gasteiger partial charge in [-0.05, 0) is 31.1 Å². The third-order valence-corrected chi connectivity index (χ3v) is 11.5. The van der Waals surface area contributed by atoms with Crippen molar-refractivity contribution in [1.82, 2.24) is 0 Å². The molecule has 0 spiro atoms. The first-order valence-corrected chi connectivity index (χ1v) is 25.2. The van der Waals surface area contributed by atoms with E-state index < -0.39 is 6.10 Å². The summed E-state index contributed by atoms with van der Waals surface area (Å²) in [4.78, 5) is 37.9. The average Bonchev–Trinajstić information content (AvgIpc) is 3.18. The van der Waals surface area contributed by atoms with Gasteiger partial charge < -0.3 is 14.2 Å². The van der Waals surface area contributed by atoms with E-state index in [0.29, 0.717) is 19.3 Å². The first-order valence-electron chi connectivity index (χ1n) is 25.2. The van der Waals surface area contributed by atoms with E-state index in [4.69, 9.17) is 14.2 Å². The number of unbranched alkanes of at least 4 members (excludes halogenated alkanes) is 30. The summed E-state index contributed by atoms with van der Waals surface area (Å²) in [5, 5.41) is 0. The van der Waals surface area contributed by atoms with Crippen LogP contribution in [0.3, 0.4) is 0 Å². The van der Waals surface area contributed by atoms with Gasteiger partial charge in [0.25, 0.3) is 0 Å². The molecule has 0 saturated heterocycles. The molecule has 0 unspecified atom stereocenters. The van der Waals surface area contributed by atoms with Crippen molar-refractivity contribution in [2.45, 2.75) is 285 Å². The lowest BCUT2D eigenvalue weighted by atomic mass is 10.0. The van der Waals surface area contributed by atoms with Crippen LogP contribution < -0.4 is 0 Å². The number of carbonyl (C=O) groups is 3. The highest BCUT2D eigenvalue weighted by atomic mass is 16.6. The molecule has 1 atom stereocenters. The second-order valence-corrected chi connectivity index (χ2v) is 18.4. The summed E-state index contributed by atoms with van der Waals surface area (Å²) in [6.07, 6.45) is 43.8. The quantitative estimate of drug-likeness (QED) is 0.0346. The average molecular weight is 807 g/mol. The SMILES string of the molecule is CCCCCCCCCCCCCCCCCC(=O)OC[C@H](COC(=O)CCCCCCCCCC(C)C)OC(=O)CCCCCCCCCCCCCC(C)C. The Morgan fingerprint density at radius 3 is 0.860 bits per heavy atom. The molecule has 0 saturated carbocycles. The molecular formula is C51H98O6. The third-order valence-electron chi connectivity index (χ3n) is 11.5. The predicted molar refractivity (Wildman–Crippen MR) is 243 cm³/mol. The van der Waals surface area contributed by atoms with E-state index in [2.05, 4.69) is 34.6 Å². The molecule has 57 heavy (non-hydrogen) atoms. The van der Waals surface area contributed by atoms with Crippen LogP contribution in [-0.2, 0) is 28.6 Å². The molecule has 6 heteroatoms. The first kappa shape index (κ1) is 55.4. The van der Waals surface area contributed by atoms with Gasteiger partial charge in [0.15, 0.2) is 6.10 Å². The monoisotopic (exact) mass is 807 g/mol. The van der Waals surface area contributed by atoms with Crippen LogP contribution in [0.2, 0.25) is 0 Å². The molecule has 338 valence electrons. The number of rotatable bonds is 45. The molecule has 0 aromatic carbocycles. The summed E-state index contributed by atoms with van der Waals surface area (Å²) in [7, 11) is 0. The Morgan fingerprint density at radius 1 is 0.333 bits per heavy atom. The number of hydrogen-bond donors (Lipinski definition) is 0. The molecule has 0 heterocycles. The van der Waals surface area contributed by atoms with Crippen LogP contribution in [0.15, 0.2) is 0 Å². The summed E-state index contributed by atoms with van der Waals surface area (Å²) in [5.41, 5.74) is 0. The molecule has 0 aliphatic rings. The molecule has 0 aromatic heterocycles.